The zero-order chi connectivity index (χ0) is 15.8. The van der Waals surface area contributed by atoms with Crippen LogP contribution < -0.4 is 5.11 Å². The van der Waals surface area contributed by atoms with Gasteiger partial charge in [-0.25, -0.2) is 4.68 Å². The Labute approximate surface area is 114 Å². The molecule has 0 amide bonds. The van der Waals surface area contributed by atoms with E-state index >= 15 is 0 Å². The first-order valence-corrected chi connectivity index (χ1v) is 5.33. The van der Waals surface area contributed by atoms with E-state index in [4.69, 9.17) is 0 Å². The number of rotatable bonds is 3. The fourth-order valence-corrected chi connectivity index (χ4v) is 1.68. The number of nitrogens with zero attached hydrogens (tertiary/aromatic N) is 3. The van der Waals surface area contributed by atoms with Crippen LogP contribution in [-0.2, 0) is 6.18 Å². The van der Waals surface area contributed by atoms with Crippen molar-refractivity contribution >= 4 is 11.7 Å². The third-order valence-electron chi connectivity index (χ3n) is 2.56. The minimum absolute atomic E-state index is 0.166. The summed E-state index contributed by atoms with van der Waals surface area (Å²) in [5.41, 5.74) is -3.11. The van der Waals surface area contributed by atoms with Crippen molar-refractivity contribution < 1.29 is 28.0 Å². The molecule has 1 aromatic carbocycles. The van der Waals surface area contributed by atoms with Crippen LogP contribution in [0.3, 0.4) is 0 Å². The maximum Gasteiger partial charge on any atom is 0.434 e. The van der Waals surface area contributed by atoms with Gasteiger partial charge in [-0.2, -0.15) is 18.3 Å². The van der Waals surface area contributed by atoms with Gasteiger partial charge < -0.3 is 9.90 Å². The summed E-state index contributed by atoms with van der Waals surface area (Å²) in [4.78, 5) is 20.5. The molecule has 0 radical (unpaired) electrons. The van der Waals surface area contributed by atoms with E-state index in [9.17, 15) is 33.2 Å². The second-order valence-electron chi connectivity index (χ2n) is 3.88. The molecule has 0 spiro atoms. The number of carboxylic acid groups (broad SMARTS) is 1. The fraction of sp³-hybridized carbons (Fsp3) is 0.0909. The number of carbonyl (C=O) groups excluding carboxylic acids is 1. The molecule has 21 heavy (non-hydrogen) atoms. The molecule has 0 aliphatic carbocycles. The van der Waals surface area contributed by atoms with Gasteiger partial charge in [0.1, 0.15) is 0 Å². The summed E-state index contributed by atoms with van der Waals surface area (Å²) in [6, 6.07) is 4.02. The van der Waals surface area contributed by atoms with E-state index in [-0.39, 0.29) is 11.4 Å². The van der Waals surface area contributed by atoms with E-state index in [1.54, 1.807) is 0 Å². The Bertz CT molecular complexity index is 706. The van der Waals surface area contributed by atoms with Gasteiger partial charge in [0.25, 0.3) is 5.69 Å². The highest BCUT2D eigenvalue weighted by molar-refractivity contribution is 5.87. The lowest BCUT2D eigenvalue weighted by Crippen LogP contribution is -2.26. The molecule has 0 fully saturated rings. The third-order valence-corrected chi connectivity index (χ3v) is 2.56. The highest BCUT2D eigenvalue weighted by Crippen LogP contribution is 2.33. The number of benzene rings is 1. The number of hydrogen-bond acceptors (Lipinski definition) is 5. The molecule has 0 aliphatic rings. The van der Waals surface area contributed by atoms with Crippen LogP contribution in [0, 0.1) is 10.1 Å². The summed E-state index contributed by atoms with van der Waals surface area (Å²) in [7, 11) is 0. The average molecular weight is 300 g/mol. The van der Waals surface area contributed by atoms with E-state index in [1.807, 2.05) is 0 Å². The highest BCUT2D eigenvalue weighted by Gasteiger charge is 2.39. The molecule has 110 valence electrons. The zero-order valence-corrected chi connectivity index (χ0v) is 10.00. The Morgan fingerprint density at radius 2 is 1.81 bits per heavy atom. The minimum atomic E-state index is -4.98. The molecule has 1 aromatic heterocycles. The molecule has 0 aliphatic heterocycles. The van der Waals surface area contributed by atoms with E-state index in [1.165, 1.54) is 0 Å². The second kappa shape index (κ2) is 4.89. The van der Waals surface area contributed by atoms with Gasteiger partial charge in [0.2, 0.25) is 0 Å². The number of alkyl halides is 3. The van der Waals surface area contributed by atoms with E-state index in [2.05, 4.69) is 5.10 Å². The van der Waals surface area contributed by atoms with Crippen LogP contribution in [-0.4, -0.2) is 20.7 Å². The number of carboxylic acids is 1. The van der Waals surface area contributed by atoms with Crippen LogP contribution in [0.4, 0.5) is 18.9 Å². The Hall–Kier alpha value is -2.91. The smallest absolute Gasteiger partial charge is 0.434 e. The van der Waals surface area contributed by atoms with Crippen molar-refractivity contribution in [3.8, 4) is 5.69 Å². The normalized spacial score (nSPS) is 11.4. The molecule has 0 atom stereocenters. The van der Waals surface area contributed by atoms with E-state index in [0.29, 0.717) is 10.9 Å². The summed E-state index contributed by atoms with van der Waals surface area (Å²) in [5.74, 6) is -2.02. The fourth-order valence-electron chi connectivity index (χ4n) is 1.68. The Morgan fingerprint density at radius 3 is 2.24 bits per heavy atom. The lowest BCUT2D eigenvalue weighted by atomic mass is 10.2. The lowest BCUT2D eigenvalue weighted by Gasteiger charge is -2.12. The molecule has 7 nitrogen and oxygen atoms in total. The third kappa shape index (κ3) is 2.68. The van der Waals surface area contributed by atoms with Crippen LogP contribution in [0.15, 0.2) is 30.5 Å². The lowest BCUT2D eigenvalue weighted by molar-refractivity contribution is -0.384. The maximum absolute atomic E-state index is 12.9. The summed E-state index contributed by atoms with van der Waals surface area (Å²) in [5, 5.41) is 24.5. The van der Waals surface area contributed by atoms with Gasteiger partial charge in [0, 0.05) is 17.7 Å². The average Bonchev–Trinajstić information content (AvgIpc) is 2.83. The summed E-state index contributed by atoms with van der Waals surface area (Å²) < 4.78 is 39.1. The Balaban J connectivity index is 2.59. The zero-order valence-electron chi connectivity index (χ0n) is 10.00. The van der Waals surface area contributed by atoms with Gasteiger partial charge in [0.05, 0.1) is 22.8 Å². The van der Waals surface area contributed by atoms with Gasteiger partial charge >= 0.3 is 6.18 Å². The van der Waals surface area contributed by atoms with Crippen molar-refractivity contribution in [2.24, 2.45) is 0 Å². The number of carbonyl (C=O) groups is 1. The van der Waals surface area contributed by atoms with Crippen molar-refractivity contribution in [1.82, 2.24) is 9.78 Å². The molecule has 0 unspecified atom stereocenters. The first-order valence-electron chi connectivity index (χ1n) is 5.33. The Morgan fingerprint density at radius 1 is 1.24 bits per heavy atom. The number of non-ortho nitro benzene ring substituents is 1. The van der Waals surface area contributed by atoms with Crippen LogP contribution >= 0.6 is 0 Å². The van der Waals surface area contributed by atoms with E-state index in [0.717, 1.165) is 24.3 Å². The molecule has 0 N–H and O–H groups in total. The number of hydrogen-bond donors (Lipinski definition) is 0. The summed E-state index contributed by atoms with van der Waals surface area (Å²) in [6.45, 7) is 0. The van der Waals surface area contributed by atoms with Crippen molar-refractivity contribution in [3.05, 3.63) is 51.8 Å². The Kier molecular flexibility index (Phi) is 3.37. The van der Waals surface area contributed by atoms with E-state index < -0.39 is 28.3 Å². The van der Waals surface area contributed by atoms with Crippen molar-refractivity contribution in [2.45, 2.75) is 6.18 Å². The largest absolute Gasteiger partial charge is 0.545 e. The molecule has 10 heteroatoms. The molecule has 0 bridgehead atoms. The van der Waals surface area contributed by atoms with Gasteiger partial charge in [-0.05, 0) is 12.1 Å². The minimum Gasteiger partial charge on any atom is -0.545 e. The number of aromatic carboxylic acids is 1. The highest BCUT2D eigenvalue weighted by atomic mass is 19.4. The molecular weight excluding hydrogens is 295 g/mol. The SMILES string of the molecule is O=C([O-])c1cnn(-c2ccc([N+](=O)[O-])cc2)c1C(F)(F)F. The van der Waals surface area contributed by atoms with Crippen LogP contribution in [0.2, 0.25) is 0 Å². The number of nitro groups is 1. The van der Waals surface area contributed by atoms with Gasteiger partial charge in [-0.15, -0.1) is 0 Å². The maximum atomic E-state index is 12.9. The first-order chi connectivity index (χ1) is 9.71. The van der Waals surface area contributed by atoms with Crippen LogP contribution in [0.25, 0.3) is 5.69 Å². The number of aromatic nitrogens is 2. The predicted octanol–water partition coefficient (Wildman–Crippen LogP) is 1.16. The molecule has 1 heterocycles. The van der Waals surface area contributed by atoms with Crippen LogP contribution in [0.5, 0.6) is 0 Å². The molecule has 2 rings (SSSR count). The quantitative estimate of drug-likeness (QED) is 0.625. The summed E-state index contributed by atoms with van der Waals surface area (Å²) in [6.07, 6.45) is -4.47. The monoisotopic (exact) mass is 300 g/mol. The molecule has 0 saturated heterocycles. The first kappa shape index (κ1) is 14.5. The predicted molar refractivity (Wildman–Crippen MR) is 59.6 cm³/mol. The van der Waals surface area contributed by atoms with Gasteiger partial charge in [-0.3, -0.25) is 10.1 Å². The summed E-state index contributed by atoms with van der Waals surface area (Å²) >= 11 is 0. The number of nitro benzene ring substituents is 1. The molecular formula is C11H5F3N3O4-. The second-order valence-corrected chi connectivity index (χ2v) is 3.88. The van der Waals surface area contributed by atoms with Gasteiger partial charge in [-0.1, -0.05) is 0 Å². The van der Waals surface area contributed by atoms with Crippen molar-refractivity contribution in [3.63, 3.8) is 0 Å². The standard InChI is InChI=1S/C11H6F3N3O4/c12-11(13,14)9-8(10(18)19)5-15-16(9)6-1-3-7(4-2-6)17(20)21/h1-5H,(H,18,19)/p-1. The van der Waals surface area contributed by atoms with Crippen LogP contribution in [0.1, 0.15) is 16.1 Å². The topological polar surface area (TPSA) is 101 Å². The molecule has 0 saturated carbocycles. The number of halogens is 3. The van der Waals surface area contributed by atoms with Crippen molar-refractivity contribution in [2.75, 3.05) is 0 Å². The molecule has 2 aromatic rings. The van der Waals surface area contributed by atoms with Gasteiger partial charge in [0.15, 0.2) is 5.69 Å². The van der Waals surface area contributed by atoms with Crippen molar-refractivity contribution in [1.29, 1.82) is 0 Å².